The lowest BCUT2D eigenvalue weighted by Crippen LogP contribution is -2.14. The number of imidazole rings is 1. The van der Waals surface area contributed by atoms with E-state index in [0.717, 1.165) is 21.0 Å². The van der Waals surface area contributed by atoms with E-state index in [1.807, 2.05) is 36.9 Å². The van der Waals surface area contributed by atoms with E-state index in [1.54, 1.807) is 24.6 Å². The standard InChI is InChI=1S/C16H18N4O2S/c1-10-18-12-8-13(22-3)11(9-14(12)23-10)19-16(21)5-4-15-17-6-7-20(15)2/h6-9H,4-5H2,1-3H3,(H,19,21). The molecule has 0 atom stereocenters. The minimum absolute atomic E-state index is 0.0631. The van der Waals surface area contributed by atoms with Crippen LogP contribution >= 0.6 is 11.3 Å². The van der Waals surface area contributed by atoms with Gasteiger partial charge in [-0.25, -0.2) is 9.97 Å². The van der Waals surface area contributed by atoms with Gasteiger partial charge in [0.1, 0.15) is 11.6 Å². The number of rotatable bonds is 5. The summed E-state index contributed by atoms with van der Waals surface area (Å²) in [5, 5.41) is 3.91. The third-order valence-electron chi connectivity index (χ3n) is 3.59. The average Bonchev–Trinajstić information content (AvgIpc) is 3.08. The topological polar surface area (TPSA) is 69.0 Å². The molecule has 0 fully saturated rings. The van der Waals surface area contributed by atoms with E-state index in [2.05, 4.69) is 15.3 Å². The quantitative estimate of drug-likeness (QED) is 0.781. The number of thiazole rings is 1. The van der Waals surface area contributed by atoms with Gasteiger partial charge in [-0.3, -0.25) is 4.79 Å². The van der Waals surface area contributed by atoms with Gasteiger partial charge < -0.3 is 14.6 Å². The van der Waals surface area contributed by atoms with Crippen molar-refractivity contribution in [1.29, 1.82) is 0 Å². The van der Waals surface area contributed by atoms with Crippen LogP contribution in [0.15, 0.2) is 24.5 Å². The number of fused-ring (bicyclic) bond motifs is 1. The van der Waals surface area contributed by atoms with Crippen molar-refractivity contribution in [3.8, 4) is 5.75 Å². The monoisotopic (exact) mass is 330 g/mol. The first-order valence-corrected chi connectivity index (χ1v) is 8.09. The Hall–Kier alpha value is -2.41. The fourth-order valence-electron chi connectivity index (χ4n) is 2.41. The van der Waals surface area contributed by atoms with Crippen LogP contribution in [0, 0.1) is 6.92 Å². The molecule has 2 heterocycles. The van der Waals surface area contributed by atoms with E-state index < -0.39 is 0 Å². The van der Waals surface area contributed by atoms with Gasteiger partial charge in [0.15, 0.2) is 0 Å². The predicted octanol–water partition coefficient (Wildman–Crippen LogP) is 2.92. The second-order valence-corrected chi connectivity index (χ2v) is 6.49. The zero-order chi connectivity index (χ0) is 16.4. The van der Waals surface area contributed by atoms with Crippen LogP contribution in [0.4, 0.5) is 5.69 Å². The molecule has 0 saturated heterocycles. The van der Waals surface area contributed by atoms with E-state index >= 15 is 0 Å². The zero-order valence-corrected chi connectivity index (χ0v) is 14.1. The Morgan fingerprint density at radius 1 is 1.43 bits per heavy atom. The highest BCUT2D eigenvalue weighted by Gasteiger charge is 2.12. The second kappa shape index (κ2) is 6.37. The number of carbonyl (C=O) groups is 1. The number of hydrogen-bond donors (Lipinski definition) is 1. The van der Waals surface area contributed by atoms with Crippen LogP contribution in [0.5, 0.6) is 5.75 Å². The highest BCUT2D eigenvalue weighted by molar-refractivity contribution is 7.18. The number of amides is 1. The van der Waals surface area contributed by atoms with E-state index in [9.17, 15) is 4.79 Å². The minimum atomic E-state index is -0.0631. The van der Waals surface area contributed by atoms with Gasteiger partial charge in [-0.2, -0.15) is 0 Å². The molecule has 2 aromatic heterocycles. The summed E-state index contributed by atoms with van der Waals surface area (Å²) in [5.41, 5.74) is 1.56. The van der Waals surface area contributed by atoms with E-state index in [-0.39, 0.29) is 5.91 Å². The Bertz CT molecular complexity index is 853. The fourth-order valence-corrected chi connectivity index (χ4v) is 3.26. The Morgan fingerprint density at radius 3 is 2.96 bits per heavy atom. The molecule has 23 heavy (non-hydrogen) atoms. The molecule has 7 heteroatoms. The van der Waals surface area contributed by atoms with Gasteiger partial charge >= 0.3 is 0 Å². The molecule has 1 aromatic carbocycles. The fraction of sp³-hybridized carbons (Fsp3) is 0.312. The van der Waals surface area contributed by atoms with Crippen LogP contribution in [-0.2, 0) is 18.3 Å². The molecule has 0 aliphatic rings. The van der Waals surface area contributed by atoms with Crippen molar-refractivity contribution < 1.29 is 9.53 Å². The molecule has 0 bridgehead atoms. The van der Waals surface area contributed by atoms with Crippen molar-refractivity contribution in [2.45, 2.75) is 19.8 Å². The van der Waals surface area contributed by atoms with Crippen molar-refractivity contribution in [2.75, 3.05) is 12.4 Å². The Labute approximate surface area is 138 Å². The van der Waals surface area contributed by atoms with Gasteiger partial charge in [0.25, 0.3) is 0 Å². The number of nitrogens with zero attached hydrogens (tertiary/aromatic N) is 3. The van der Waals surface area contributed by atoms with Crippen LogP contribution in [0.2, 0.25) is 0 Å². The average molecular weight is 330 g/mol. The first-order chi connectivity index (χ1) is 11.1. The molecule has 0 aliphatic heterocycles. The van der Waals surface area contributed by atoms with Gasteiger partial charge in [-0.15, -0.1) is 11.3 Å². The number of benzene rings is 1. The Morgan fingerprint density at radius 2 is 2.26 bits per heavy atom. The number of anilines is 1. The van der Waals surface area contributed by atoms with Crippen LogP contribution in [0.1, 0.15) is 17.3 Å². The SMILES string of the molecule is COc1cc2nc(C)sc2cc1NC(=O)CCc1nccn1C. The number of ether oxygens (including phenoxy) is 1. The van der Waals surface area contributed by atoms with Gasteiger partial charge in [-0.05, 0) is 13.0 Å². The van der Waals surface area contributed by atoms with E-state index in [1.165, 1.54) is 0 Å². The molecule has 0 spiro atoms. The number of nitrogens with one attached hydrogen (secondary N) is 1. The summed E-state index contributed by atoms with van der Waals surface area (Å²) in [6, 6.07) is 3.77. The summed E-state index contributed by atoms with van der Waals surface area (Å²) in [5.74, 6) is 1.45. The maximum atomic E-state index is 12.2. The van der Waals surface area contributed by atoms with Crippen LogP contribution in [0.25, 0.3) is 10.2 Å². The summed E-state index contributed by atoms with van der Waals surface area (Å²) in [6.45, 7) is 1.96. The van der Waals surface area contributed by atoms with E-state index in [0.29, 0.717) is 24.3 Å². The molecular weight excluding hydrogens is 312 g/mol. The first-order valence-electron chi connectivity index (χ1n) is 7.28. The molecule has 1 amide bonds. The second-order valence-electron chi connectivity index (χ2n) is 5.26. The molecule has 0 saturated carbocycles. The molecule has 120 valence electrons. The maximum Gasteiger partial charge on any atom is 0.224 e. The first kappa shape index (κ1) is 15.5. The number of aryl methyl sites for hydroxylation is 3. The lowest BCUT2D eigenvalue weighted by Gasteiger charge is -2.10. The van der Waals surface area contributed by atoms with Crippen LogP contribution < -0.4 is 10.1 Å². The molecule has 3 rings (SSSR count). The van der Waals surface area contributed by atoms with Crippen molar-refractivity contribution >= 4 is 33.1 Å². The lowest BCUT2D eigenvalue weighted by atomic mass is 10.2. The van der Waals surface area contributed by atoms with Crippen molar-refractivity contribution in [3.63, 3.8) is 0 Å². The summed E-state index contributed by atoms with van der Waals surface area (Å²) >= 11 is 1.59. The van der Waals surface area contributed by atoms with Crippen LogP contribution in [-0.4, -0.2) is 27.6 Å². The minimum Gasteiger partial charge on any atom is -0.494 e. The highest BCUT2D eigenvalue weighted by Crippen LogP contribution is 2.33. The summed E-state index contributed by atoms with van der Waals surface area (Å²) in [7, 11) is 3.51. The van der Waals surface area contributed by atoms with E-state index in [4.69, 9.17) is 4.74 Å². The smallest absolute Gasteiger partial charge is 0.224 e. The zero-order valence-electron chi connectivity index (χ0n) is 13.3. The normalized spacial score (nSPS) is 10.9. The molecule has 6 nitrogen and oxygen atoms in total. The highest BCUT2D eigenvalue weighted by atomic mass is 32.1. The number of hydrogen-bond acceptors (Lipinski definition) is 5. The van der Waals surface area contributed by atoms with Gasteiger partial charge in [-0.1, -0.05) is 0 Å². The molecule has 3 aromatic rings. The summed E-state index contributed by atoms with van der Waals surface area (Å²) in [6.07, 6.45) is 4.57. The molecular formula is C16H18N4O2S. The van der Waals surface area contributed by atoms with Gasteiger partial charge in [0.2, 0.25) is 5.91 Å². The third-order valence-corrected chi connectivity index (χ3v) is 4.52. The van der Waals surface area contributed by atoms with Crippen molar-refractivity contribution in [2.24, 2.45) is 7.05 Å². The summed E-state index contributed by atoms with van der Waals surface area (Å²) in [4.78, 5) is 20.9. The Kier molecular flexibility index (Phi) is 4.29. The van der Waals surface area contributed by atoms with Crippen molar-refractivity contribution in [3.05, 3.63) is 35.4 Å². The third kappa shape index (κ3) is 3.34. The predicted molar refractivity (Wildman–Crippen MR) is 91.1 cm³/mol. The summed E-state index contributed by atoms with van der Waals surface area (Å²) < 4.78 is 8.31. The largest absolute Gasteiger partial charge is 0.494 e. The number of aromatic nitrogens is 3. The maximum absolute atomic E-state index is 12.2. The number of methoxy groups -OCH3 is 1. The molecule has 0 radical (unpaired) electrons. The molecule has 0 aliphatic carbocycles. The number of carbonyl (C=O) groups excluding carboxylic acids is 1. The van der Waals surface area contributed by atoms with Gasteiger partial charge in [0.05, 0.1) is 28.0 Å². The van der Waals surface area contributed by atoms with Gasteiger partial charge in [0, 0.05) is 38.3 Å². The van der Waals surface area contributed by atoms with Crippen LogP contribution in [0.3, 0.4) is 0 Å². The molecule has 0 unspecified atom stereocenters. The Balaban J connectivity index is 1.74. The van der Waals surface area contributed by atoms with Crippen molar-refractivity contribution in [1.82, 2.24) is 14.5 Å². The molecule has 1 N–H and O–H groups in total. The lowest BCUT2D eigenvalue weighted by molar-refractivity contribution is -0.116.